The van der Waals surface area contributed by atoms with Gasteiger partial charge in [0.25, 0.3) is 0 Å². The topological polar surface area (TPSA) is 131 Å². The van der Waals surface area contributed by atoms with E-state index in [-0.39, 0.29) is 52.8 Å². The first-order valence-electron chi connectivity index (χ1n) is 19.1. The molecule has 2 aliphatic carbocycles. The Kier molecular flexibility index (Phi) is 15.9. The van der Waals surface area contributed by atoms with E-state index in [2.05, 4.69) is 90.9 Å². The molecule has 0 aromatic carbocycles. The monoisotopic (exact) mass is 705 g/mol. The Morgan fingerprint density at radius 2 is 1.62 bits per heavy atom. The van der Waals surface area contributed by atoms with Crippen LogP contribution in [0.2, 0.25) is 0 Å². The quantitative estimate of drug-likeness (QED) is 0.0536. The molecule has 2 fully saturated rings. The van der Waals surface area contributed by atoms with Crippen LogP contribution >= 0.6 is 0 Å². The molecular formula is C40H72N4O6. The summed E-state index contributed by atoms with van der Waals surface area (Å²) in [4.78, 5) is 24.1. The molecule has 0 radical (unpaired) electrons. The molecule has 0 heterocycles. The SMILES string of the molecule is C=C(C)C(=O)OCCNC(=O)NC(C)C(C)(CC)OCC1CC1(C)C(C)(CC)OCCC(C)(C)C(C)(CC)OCC1CCC1(C)NCCC#N. The van der Waals surface area contributed by atoms with Gasteiger partial charge in [-0.15, -0.1) is 0 Å². The van der Waals surface area contributed by atoms with E-state index < -0.39 is 11.6 Å². The smallest absolute Gasteiger partial charge is 0.333 e. The van der Waals surface area contributed by atoms with Crippen molar-refractivity contribution < 1.29 is 28.5 Å². The summed E-state index contributed by atoms with van der Waals surface area (Å²) in [6.07, 6.45) is 7.29. The molecule has 50 heavy (non-hydrogen) atoms. The Hall–Kier alpha value is -2.19. The van der Waals surface area contributed by atoms with Crippen molar-refractivity contribution in [3.63, 3.8) is 0 Å². The highest BCUT2D eigenvalue weighted by Crippen LogP contribution is 2.62. The molecule has 0 saturated heterocycles. The fourth-order valence-electron chi connectivity index (χ4n) is 7.21. The number of hydrogen-bond donors (Lipinski definition) is 3. The van der Waals surface area contributed by atoms with Crippen molar-refractivity contribution in [1.29, 1.82) is 5.26 Å². The van der Waals surface area contributed by atoms with Crippen molar-refractivity contribution in [3.05, 3.63) is 12.2 Å². The maximum Gasteiger partial charge on any atom is 0.333 e. The summed E-state index contributed by atoms with van der Waals surface area (Å²) in [5.74, 6) is 0.341. The lowest BCUT2D eigenvalue weighted by molar-refractivity contribution is -0.158. The minimum absolute atomic E-state index is 0.00635. The van der Waals surface area contributed by atoms with Crippen molar-refractivity contribution in [3.8, 4) is 6.07 Å². The largest absolute Gasteiger partial charge is 0.460 e. The third kappa shape index (κ3) is 10.7. The summed E-state index contributed by atoms with van der Waals surface area (Å²) in [5, 5.41) is 18.3. The molecule has 0 spiro atoms. The number of urea groups is 1. The second kappa shape index (κ2) is 18.0. The van der Waals surface area contributed by atoms with Crippen LogP contribution in [0.5, 0.6) is 0 Å². The van der Waals surface area contributed by atoms with Crippen LogP contribution in [0.3, 0.4) is 0 Å². The average Bonchev–Trinajstić information content (AvgIpc) is 3.75. The Bertz CT molecular complexity index is 1190. The maximum atomic E-state index is 12.6. The number of nitrogens with one attached hydrogen (secondary N) is 3. The minimum Gasteiger partial charge on any atom is -0.460 e. The van der Waals surface area contributed by atoms with Crippen LogP contribution in [0.15, 0.2) is 12.2 Å². The molecule has 2 aliphatic rings. The van der Waals surface area contributed by atoms with Gasteiger partial charge in [0.2, 0.25) is 0 Å². The zero-order chi connectivity index (χ0) is 38.0. The van der Waals surface area contributed by atoms with Crippen molar-refractivity contribution in [2.45, 2.75) is 163 Å². The van der Waals surface area contributed by atoms with E-state index in [4.69, 9.17) is 24.2 Å². The normalized spacial score (nSPS) is 27.3. The Labute approximate surface area is 304 Å². The van der Waals surface area contributed by atoms with Crippen LogP contribution in [0.1, 0.15) is 134 Å². The molecule has 10 nitrogen and oxygen atoms in total. The zero-order valence-corrected chi connectivity index (χ0v) is 33.7. The van der Waals surface area contributed by atoms with E-state index in [0.717, 1.165) is 58.1 Å². The van der Waals surface area contributed by atoms with Crippen molar-refractivity contribution in [2.24, 2.45) is 22.7 Å². The fourth-order valence-corrected chi connectivity index (χ4v) is 7.21. The number of carbonyl (C=O) groups excluding carboxylic acids is 2. The number of amides is 2. The highest BCUT2D eigenvalue weighted by Gasteiger charge is 2.61. The van der Waals surface area contributed by atoms with Crippen LogP contribution in [-0.2, 0) is 23.7 Å². The summed E-state index contributed by atoms with van der Waals surface area (Å²) in [7, 11) is 0. The molecule has 0 aliphatic heterocycles. The zero-order valence-electron chi connectivity index (χ0n) is 33.7. The highest BCUT2D eigenvalue weighted by atomic mass is 16.5. The number of ether oxygens (including phenoxy) is 4. The number of rotatable bonds is 24. The van der Waals surface area contributed by atoms with E-state index in [0.29, 0.717) is 37.0 Å². The lowest BCUT2D eigenvalue weighted by Gasteiger charge is -2.51. The maximum absolute atomic E-state index is 12.6. The van der Waals surface area contributed by atoms with E-state index in [1.54, 1.807) is 6.92 Å². The number of carbonyl (C=O) groups is 2. The molecule has 2 saturated carbocycles. The first-order chi connectivity index (χ1) is 23.2. The second-order valence-corrected chi connectivity index (χ2v) is 16.8. The summed E-state index contributed by atoms with van der Waals surface area (Å²) < 4.78 is 25.3. The van der Waals surface area contributed by atoms with Crippen LogP contribution < -0.4 is 16.0 Å². The lowest BCUT2D eigenvalue weighted by Crippen LogP contribution is -2.58. The van der Waals surface area contributed by atoms with Crippen molar-refractivity contribution in [2.75, 3.05) is 39.5 Å². The van der Waals surface area contributed by atoms with Gasteiger partial charge in [-0.25, -0.2) is 9.59 Å². The first kappa shape index (κ1) is 44.0. The molecule has 3 N–H and O–H groups in total. The van der Waals surface area contributed by atoms with Crippen LogP contribution in [0.4, 0.5) is 4.79 Å². The molecular weight excluding hydrogens is 632 g/mol. The molecule has 0 aromatic heterocycles. The molecule has 2 amide bonds. The molecule has 288 valence electrons. The van der Waals surface area contributed by atoms with Crippen molar-refractivity contribution >= 4 is 12.0 Å². The number of nitrogens with zero attached hydrogens (tertiary/aromatic N) is 1. The van der Waals surface area contributed by atoms with Crippen LogP contribution in [0, 0.1) is 34.0 Å². The summed E-state index contributed by atoms with van der Waals surface area (Å²) in [6, 6.07) is 1.67. The van der Waals surface area contributed by atoms with Gasteiger partial charge in [-0.2, -0.15) is 5.26 Å². The Morgan fingerprint density at radius 3 is 2.16 bits per heavy atom. The lowest BCUT2D eigenvalue weighted by atomic mass is 9.67. The third-order valence-electron chi connectivity index (χ3n) is 13.4. The standard InChI is InChI=1S/C40H72N4O6/c1-14-38(11,30(6)44-34(46)42-23-25-47-33(45)29(4)5)49-28-32-26-36(32,9)40(13,16-3)48-24-20-35(7,8)39(12,15-2)50-27-31-18-19-37(31,10)43-22-17-21-41/h30-32,43H,4,14-20,22-28H2,1-3,5-13H3,(H2,42,44,46). The molecule has 0 aromatic rings. The number of hydrogen-bond acceptors (Lipinski definition) is 8. The third-order valence-corrected chi connectivity index (χ3v) is 13.4. The predicted molar refractivity (Wildman–Crippen MR) is 200 cm³/mol. The highest BCUT2D eigenvalue weighted by molar-refractivity contribution is 5.86. The Balaban J connectivity index is 1.89. The molecule has 8 atom stereocenters. The second-order valence-electron chi connectivity index (χ2n) is 16.8. The van der Waals surface area contributed by atoms with E-state index in [1.807, 2.05) is 13.8 Å². The summed E-state index contributed by atoms with van der Waals surface area (Å²) >= 11 is 0. The van der Waals surface area contributed by atoms with Gasteiger partial charge >= 0.3 is 12.0 Å². The fraction of sp³-hybridized carbons (Fsp3) is 0.875. The average molecular weight is 705 g/mol. The van der Waals surface area contributed by atoms with Crippen molar-refractivity contribution in [1.82, 2.24) is 16.0 Å². The molecule has 2 rings (SSSR count). The van der Waals surface area contributed by atoms with Crippen LogP contribution in [-0.4, -0.2) is 79.9 Å². The Morgan fingerprint density at radius 1 is 0.960 bits per heavy atom. The van der Waals surface area contributed by atoms with Crippen LogP contribution in [0.25, 0.3) is 0 Å². The predicted octanol–water partition coefficient (Wildman–Crippen LogP) is 7.46. The molecule has 0 bridgehead atoms. The summed E-state index contributed by atoms with van der Waals surface area (Å²) in [5.41, 5.74) is -0.849. The van der Waals surface area contributed by atoms with Gasteiger partial charge in [0, 0.05) is 42.0 Å². The number of nitriles is 1. The van der Waals surface area contributed by atoms with Gasteiger partial charge in [-0.3, -0.25) is 0 Å². The van der Waals surface area contributed by atoms with Gasteiger partial charge in [-0.05, 0) is 97.8 Å². The van der Waals surface area contributed by atoms with E-state index in [9.17, 15) is 9.59 Å². The van der Waals surface area contributed by atoms with Gasteiger partial charge < -0.3 is 34.9 Å². The molecule has 10 heteroatoms. The minimum atomic E-state index is -0.547. The first-order valence-corrected chi connectivity index (χ1v) is 19.1. The van der Waals surface area contributed by atoms with Gasteiger partial charge in [0.05, 0.1) is 48.7 Å². The van der Waals surface area contributed by atoms with Gasteiger partial charge in [-0.1, -0.05) is 48.1 Å². The van der Waals surface area contributed by atoms with Gasteiger partial charge in [0.1, 0.15) is 6.61 Å². The van der Waals surface area contributed by atoms with Gasteiger partial charge in [0.15, 0.2) is 0 Å². The van der Waals surface area contributed by atoms with E-state index >= 15 is 0 Å². The summed E-state index contributed by atoms with van der Waals surface area (Å²) in [6.45, 7) is 32.4. The van der Waals surface area contributed by atoms with E-state index in [1.165, 1.54) is 0 Å². The number of esters is 1. The molecule has 8 unspecified atom stereocenters.